The average molecular weight is 273 g/mol. The van der Waals surface area contributed by atoms with Crippen LogP contribution in [0, 0.1) is 0 Å². The second-order valence-electron chi connectivity index (χ2n) is 5.01. The van der Waals surface area contributed by atoms with Crippen molar-refractivity contribution in [2.75, 3.05) is 17.7 Å². The summed E-state index contributed by atoms with van der Waals surface area (Å²) in [5.74, 6) is 0.258. The maximum Gasteiger partial charge on any atom is 0.289 e. The van der Waals surface area contributed by atoms with Crippen molar-refractivity contribution < 1.29 is 8.42 Å². The SMILES string of the molecule is CS(=O)(=O)CCn1[nH]c(C2CCCC2)c(N)c1=O. The van der Waals surface area contributed by atoms with E-state index in [0.717, 1.165) is 37.6 Å². The summed E-state index contributed by atoms with van der Waals surface area (Å²) >= 11 is 0. The van der Waals surface area contributed by atoms with Gasteiger partial charge in [0.1, 0.15) is 15.5 Å². The second-order valence-corrected chi connectivity index (χ2v) is 7.27. The highest BCUT2D eigenvalue weighted by Gasteiger charge is 2.23. The zero-order chi connectivity index (χ0) is 13.3. The Kier molecular flexibility index (Phi) is 3.52. The van der Waals surface area contributed by atoms with Gasteiger partial charge in [-0.2, -0.15) is 0 Å². The van der Waals surface area contributed by atoms with Crippen molar-refractivity contribution >= 4 is 15.5 Å². The third-order valence-corrected chi connectivity index (χ3v) is 4.39. The van der Waals surface area contributed by atoms with Crippen molar-refractivity contribution in [2.24, 2.45) is 0 Å². The topological polar surface area (TPSA) is 97.9 Å². The van der Waals surface area contributed by atoms with Crippen LogP contribution >= 0.6 is 0 Å². The molecule has 3 N–H and O–H groups in total. The fraction of sp³-hybridized carbons (Fsp3) is 0.727. The average Bonchev–Trinajstić information content (AvgIpc) is 2.87. The quantitative estimate of drug-likeness (QED) is 0.832. The van der Waals surface area contributed by atoms with Gasteiger partial charge in [-0.15, -0.1) is 0 Å². The Morgan fingerprint density at radius 2 is 2.00 bits per heavy atom. The first-order chi connectivity index (χ1) is 8.38. The van der Waals surface area contributed by atoms with Crippen molar-refractivity contribution in [3.05, 3.63) is 16.0 Å². The highest BCUT2D eigenvalue weighted by Crippen LogP contribution is 2.34. The second kappa shape index (κ2) is 4.79. The highest BCUT2D eigenvalue weighted by atomic mass is 32.2. The van der Waals surface area contributed by atoms with Gasteiger partial charge in [0, 0.05) is 12.2 Å². The number of nitrogens with one attached hydrogen (secondary N) is 1. The summed E-state index contributed by atoms with van der Waals surface area (Å²) < 4.78 is 23.5. The maximum absolute atomic E-state index is 11.9. The Labute approximate surface area is 106 Å². The van der Waals surface area contributed by atoms with Gasteiger partial charge >= 0.3 is 0 Å². The zero-order valence-electron chi connectivity index (χ0n) is 10.5. The lowest BCUT2D eigenvalue weighted by Crippen LogP contribution is -2.22. The third-order valence-electron chi connectivity index (χ3n) is 3.47. The summed E-state index contributed by atoms with van der Waals surface area (Å²) in [6.45, 7) is 0.134. The molecular formula is C11H19N3O3S. The number of anilines is 1. The normalized spacial score (nSPS) is 17.4. The van der Waals surface area contributed by atoms with Gasteiger partial charge in [-0.05, 0) is 12.8 Å². The Bertz CT molecular complexity index is 579. The molecule has 1 heterocycles. The molecule has 6 nitrogen and oxygen atoms in total. The fourth-order valence-electron chi connectivity index (χ4n) is 2.46. The van der Waals surface area contributed by atoms with E-state index < -0.39 is 9.84 Å². The maximum atomic E-state index is 11.9. The third kappa shape index (κ3) is 2.77. The molecule has 0 unspecified atom stereocenters. The van der Waals surface area contributed by atoms with Crippen LogP contribution < -0.4 is 11.3 Å². The van der Waals surface area contributed by atoms with E-state index in [1.807, 2.05) is 0 Å². The minimum absolute atomic E-state index is 0.0586. The van der Waals surface area contributed by atoms with Gasteiger partial charge in [-0.1, -0.05) is 12.8 Å². The Morgan fingerprint density at radius 1 is 1.39 bits per heavy atom. The van der Waals surface area contributed by atoms with E-state index in [0.29, 0.717) is 5.92 Å². The van der Waals surface area contributed by atoms with E-state index in [2.05, 4.69) is 5.10 Å². The molecule has 2 rings (SSSR count). The summed E-state index contributed by atoms with van der Waals surface area (Å²) in [7, 11) is -3.08. The number of nitrogen functional groups attached to an aromatic ring is 1. The molecule has 18 heavy (non-hydrogen) atoms. The molecule has 0 saturated heterocycles. The van der Waals surface area contributed by atoms with Gasteiger partial charge in [-0.3, -0.25) is 14.6 Å². The van der Waals surface area contributed by atoms with Crippen LogP contribution in [0.3, 0.4) is 0 Å². The van der Waals surface area contributed by atoms with E-state index in [1.54, 1.807) is 0 Å². The van der Waals surface area contributed by atoms with Gasteiger partial charge in [0.05, 0.1) is 18.0 Å². The van der Waals surface area contributed by atoms with Gasteiger partial charge < -0.3 is 5.73 Å². The molecular weight excluding hydrogens is 254 g/mol. The Morgan fingerprint density at radius 3 is 2.56 bits per heavy atom. The predicted molar refractivity (Wildman–Crippen MR) is 70.4 cm³/mol. The van der Waals surface area contributed by atoms with Crippen molar-refractivity contribution in [2.45, 2.75) is 38.1 Å². The number of sulfone groups is 1. The predicted octanol–water partition coefficient (Wildman–Crippen LogP) is 0.461. The Hall–Kier alpha value is -1.24. The Balaban J connectivity index is 2.22. The van der Waals surface area contributed by atoms with Crippen LogP contribution in [0.25, 0.3) is 0 Å². The number of nitrogens with zero attached hydrogens (tertiary/aromatic N) is 1. The fourth-order valence-corrected chi connectivity index (χ4v) is 2.97. The van der Waals surface area contributed by atoms with Crippen LogP contribution in [-0.4, -0.2) is 30.2 Å². The summed E-state index contributed by atoms with van der Waals surface area (Å²) in [5.41, 5.74) is 6.53. The molecule has 7 heteroatoms. The number of aromatic amines is 1. The smallest absolute Gasteiger partial charge is 0.289 e. The summed E-state index contributed by atoms with van der Waals surface area (Å²) in [4.78, 5) is 11.9. The van der Waals surface area contributed by atoms with Crippen LogP contribution in [-0.2, 0) is 16.4 Å². The molecule has 0 radical (unpaired) electrons. The molecule has 102 valence electrons. The summed E-state index contributed by atoms with van der Waals surface area (Å²) in [6, 6.07) is 0. The number of hydrogen-bond acceptors (Lipinski definition) is 4. The number of hydrogen-bond donors (Lipinski definition) is 2. The molecule has 1 saturated carbocycles. The number of aryl methyl sites for hydroxylation is 1. The molecule has 1 aliphatic carbocycles. The number of rotatable bonds is 4. The largest absolute Gasteiger partial charge is 0.393 e. The number of aromatic nitrogens is 2. The number of H-pyrrole nitrogens is 1. The van der Waals surface area contributed by atoms with E-state index >= 15 is 0 Å². The standard InChI is InChI=1S/C11H19N3O3S/c1-18(16,17)7-6-14-11(15)9(12)10(13-14)8-4-2-3-5-8/h8,13H,2-7,12H2,1H3. The number of nitrogens with two attached hydrogens (primary N) is 1. The van der Waals surface area contributed by atoms with E-state index in [9.17, 15) is 13.2 Å². The van der Waals surface area contributed by atoms with Gasteiger partial charge in [0.15, 0.2) is 0 Å². The molecule has 0 aliphatic heterocycles. The van der Waals surface area contributed by atoms with E-state index in [4.69, 9.17) is 5.73 Å². The monoisotopic (exact) mass is 273 g/mol. The zero-order valence-corrected chi connectivity index (χ0v) is 11.3. The molecule has 1 aromatic rings. The summed E-state index contributed by atoms with van der Waals surface area (Å²) in [5, 5.41) is 2.98. The van der Waals surface area contributed by atoms with Crippen molar-refractivity contribution in [3.8, 4) is 0 Å². The molecule has 0 spiro atoms. The van der Waals surface area contributed by atoms with Crippen LogP contribution in [0.1, 0.15) is 37.3 Å². The van der Waals surface area contributed by atoms with Gasteiger partial charge in [-0.25, -0.2) is 8.42 Å². The molecule has 0 amide bonds. The minimum atomic E-state index is -3.08. The minimum Gasteiger partial charge on any atom is -0.393 e. The van der Waals surface area contributed by atoms with Crippen LogP contribution in [0.4, 0.5) is 5.69 Å². The van der Waals surface area contributed by atoms with Crippen LogP contribution in [0.15, 0.2) is 4.79 Å². The van der Waals surface area contributed by atoms with Crippen LogP contribution in [0.2, 0.25) is 0 Å². The summed E-state index contributed by atoms with van der Waals surface area (Å²) in [6.07, 6.45) is 5.54. The van der Waals surface area contributed by atoms with Gasteiger partial charge in [0.25, 0.3) is 5.56 Å². The highest BCUT2D eigenvalue weighted by molar-refractivity contribution is 7.90. The van der Waals surface area contributed by atoms with Gasteiger partial charge in [0.2, 0.25) is 0 Å². The molecule has 1 fully saturated rings. The van der Waals surface area contributed by atoms with Crippen molar-refractivity contribution in [1.29, 1.82) is 0 Å². The van der Waals surface area contributed by atoms with E-state index in [-0.39, 0.29) is 23.5 Å². The molecule has 1 aliphatic rings. The van der Waals surface area contributed by atoms with Crippen molar-refractivity contribution in [3.63, 3.8) is 0 Å². The van der Waals surface area contributed by atoms with Crippen molar-refractivity contribution in [1.82, 2.24) is 9.78 Å². The lowest BCUT2D eigenvalue weighted by Gasteiger charge is -2.06. The molecule has 1 aromatic heterocycles. The van der Waals surface area contributed by atoms with Crippen LogP contribution in [0.5, 0.6) is 0 Å². The lowest BCUT2D eigenvalue weighted by molar-refractivity contribution is 0.573. The first-order valence-corrected chi connectivity index (χ1v) is 8.20. The molecule has 0 atom stereocenters. The molecule has 0 bridgehead atoms. The first-order valence-electron chi connectivity index (χ1n) is 6.14. The lowest BCUT2D eigenvalue weighted by atomic mass is 10.0. The first kappa shape index (κ1) is 13.2. The molecule has 0 aromatic carbocycles. The van der Waals surface area contributed by atoms with E-state index in [1.165, 1.54) is 4.68 Å².